The summed E-state index contributed by atoms with van der Waals surface area (Å²) in [5.74, 6) is 1.69. The maximum absolute atomic E-state index is 6.02. The normalized spacial score (nSPS) is 10.6. The van der Waals surface area contributed by atoms with Gasteiger partial charge in [0.25, 0.3) is 0 Å². The van der Waals surface area contributed by atoms with Gasteiger partial charge in [-0.1, -0.05) is 11.6 Å². The van der Waals surface area contributed by atoms with E-state index in [1.54, 1.807) is 32.6 Å². The summed E-state index contributed by atoms with van der Waals surface area (Å²) in [6, 6.07) is 5.40. The van der Waals surface area contributed by atoms with Gasteiger partial charge in [0.1, 0.15) is 11.3 Å². The Morgan fingerprint density at radius 2 is 2.14 bits per heavy atom. The molecule has 2 heterocycles. The number of benzene rings is 1. The smallest absolute Gasteiger partial charge is 0.226 e. The van der Waals surface area contributed by atoms with E-state index in [-0.39, 0.29) is 0 Å². The molecule has 0 saturated heterocycles. The minimum absolute atomic E-state index is 0.484. The van der Waals surface area contributed by atoms with Gasteiger partial charge in [0, 0.05) is 18.8 Å². The van der Waals surface area contributed by atoms with Crippen molar-refractivity contribution in [1.82, 2.24) is 19.9 Å². The third-order valence-corrected chi connectivity index (χ3v) is 3.24. The van der Waals surface area contributed by atoms with E-state index in [0.717, 1.165) is 11.2 Å². The van der Waals surface area contributed by atoms with Crippen LogP contribution in [0.15, 0.2) is 24.5 Å². The molecule has 0 aliphatic heterocycles. The first-order chi connectivity index (χ1) is 10.2. The summed E-state index contributed by atoms with van der Waals surface area (Å²) >= 11 is 6.02. The zero-order valence-corrected chi connectivity index (χ0v) is 12.2. The summed E-state index contributed by atoms with van der Waals surface area (Å²) in [4.78, 5) is 15.8. The minimum atomic E-state index is 0.484. The van der Waals surface area contributed by atoms with Gasteiger partial charge in [-0.2, -0.15) is 9.97 Å². The minimum Gasteiger partial charge on any atom is -0.495 e. The van der Waals surface area contributed by atoms with Crippen LogP contribution in [0.5, 0.6) is 5.75 Å². The summed E-state index contributed by atoms with van der Waals surface area (Å²) < 4.78 is 5.20. The molecule has 2 aromatic heterocycles. The molecule has 0 unspecified atom stereocenters. The molecular formula is C13H13ClN6O. The molecule has 1 aromatic carbocycles. The van der Waals surface area contributed by atoms with Crippen LogP contribution in [0.1, 0.15) is 0 Å². The van der Waals surface area contributed by atoms with Crippen LogP contribution >= 0.6 is 11.6 Å². The summed E-state index contributed by atoms with van der Waals surface area (Å²) in [5.41, 5.74) is 2.11. The molecule has 7 nitrogen and oxygen atoms in total. The van der Waals surface area contributed by atoms with Crippen molar-refractivity contribution in [3.05, 3.63) is 29.5 Å². The maximum atomic E-state index is 6.02. The molecule has 3 N–H and O–H groups in total. The fourth-order valence-electron chi connectivity index (χ4n) is 1.91. The second kappa shape index (κ2) is 5.45. The van der Waals surface area contributed by atoms with Gasteiger partial charge in [0.05, 0.1) is 18.5 Å². The van der Waals surface area contributed by atoms with Crippen molar-refractivity contribution in [1.29, 1.82) is 0 Å². The molecule has 0 bridgehead atoms. The molecule has 0 atom stereocenters. The zero-order chi connectivity index (χ0) is 14.8. The highest BCUT2D eigenvalue weighted by Crippen LogP contribution is 2.30. The molecular weight excluding hydrogens is 292 g/mol. The molecule has 0 aliphatic carbocycles. The SMILES string of the molecule is CNc1nc(Nc2ccc(Cl)c(OC)c2)c2[nH]cnc2n1. The van der Waals surface area contributed by atoms with E-state index in [4.69, 9.17) is 16.3 Å². The Morgan fingerprint density at radius 3 is 2.90 bits per heavy atom. The first-order valence-electron chi connectivity index (χ1n) is 6.20. The number of nitrogens with zero attached hydrogens (tertiary/aromatic N) is 3. The Kier molecular flexibility index (Phi) is 3.49. The third kappa shape index (κ3) is 2.55. The summed E-state index contributed by atoms with van der Waals surface area (Å²) in [5, 5.41) is 6.66. The van der Waals surface area contributed by atoms with Gasteiger partial charge in [0.15, 0.2) is 11.5 Å². The van der Waals surface area contributed by atoms with Crippen LogP contribution in [0, 0.1) is 0 Å². The lowest BCUT2D eigenvalue weighted by Crippen LogP contribution is -2.02. The van der Waals surface area contributed by atoms with E-state index in [2.05, 4.69) is 30.6 Å². The van der Waals surface area contributed by atoms with Crippen molar-refractivity contribution in [2.45, 2.75) is 0 Å². The van der Waals surface area contributed by atoms with E-state index in [1.165, 1.54) is 0 Å². The zero-order valence-electron chi connectivity index (χ0n) is 11.4. The predicted octanol–water partition coefficient (Wildman–Crippen LogP) is 2.80. The van der Waals surface area contributed by atoms with Gasteiger partial charge in [-0.05, 0) is 12.1 Å². The largest absolute Gasteiger partial charge is 0.495 e. The quantitative estimate of drug-likeness (QED) is 0.687. The molecule has 108 valence electrons. The van der Waals surface area contributed by atoms with E-state index < -0.39 is 0 Å². The number of H-pyrrole nitrogens is 1. The number of nitrogens with one attached hydrogen (secondary N) is 3. The van der Waals surface area contributed by atoms with E-state index in [1.807, 2.05) is 6.07 Å². The summed E-state index contributed by atoms with van der Waals surface area (Å²) in [7, 11) is 3.32. The van der Waals surface area contributed by atoms with E-state index >= 15 is 0 Å². The third-order valence-electron chi connectivity index (χ3n) is 2.92. The number of ether oxygens (including phenoxy) is 1. The van der Waals surface area contributed by atoms with Crippen LogP contribution < -0.4 is 15.4 Å². The number of aromatic nitrogens is 4. The van der Waals surface area contributed by atoms with Crippen molar-refractivity contribution in [2.24, 2.45) is 0 Å². The van der Waals surface area contributed by atoms with Crippen molar-refractivity contribution < 1.29 is 4.74 Å². The van der Waals surface area contributed by atoms with E-state index in [0.29, 0.717) is 28.2 Å². The molecule has 3 rings (SSSR count). The number of halogens is 1. The number of aromatic amines is 1. The van der Waals surface area contributed by atoms with Gasteiger partial charge in [-0.3, -0.25) is 0 Å². The number of hydrogen-bond acceptors (Lipinski definition) is 6. The molecule has 21 heavy (non-hydrogen) atoms. The number of fused-ring (bicyclic) bond motifs is 1. The summed E-state index contributed by atoms with van der Waals surface area (Å²) in [6.07, 6.45) is 1.58. The molecule has 8 heteroatoms. The topological polar surface area (TPSA) is 87.8 Å². The molecule has 0 aliphatic rings. The lowest BCUT2D eigenvalue weighted by Gasteiger charge is -2.10. The molecule has 3 aromatic rings. The van der Waals surface area contributed by atoms with Crippen molar-refractivity contribution >= 4 is 40.2 Å². The summed E-state index contributed by atoms with van der Waals surface area (Å²) in [6.45, 7) is 0. The van der Waals surface area contributed by atoms with E-state index in [9.17, 15) is 0 Å². The van der Waals surface area contributed by atoms with Crippen LogP contribution in [-0.2, 0) is 0 Å². The molecule has 0 amide bonds. The number of methoxy groups -OCH3 is 1. The fraction of sp³-hybridized carbons (Fsp3) is 0.154. The molecule has 0 fully saturated rings. The highest BCUT2D eigenvalue weighted by Gasteiger charge is 2.10. The number of hydrogen-bond donors (Lipinski definition) is 3. The monoisotopic (exact) mass is 304 g/mol. The van der Waals surface area contributed by atoms with Gasteiger partial charge in [-0.15, -0.1) is 0 Å². The number of anilines is 3. The number of imidazole rings is 1. The van der Waals surface area contributed by atoms with Crippen LogP contribution in [0.4, 0.5) is 17.5 Å². The van der Waals surface area contributed by atoms with Crippen LogP contribution in [0.25, 0.3) is 11.2 Å². The Bertz CT molecular complexity index is 787. The lowest BCUT2D eigenvalue weighted by atomic mass is 10.3. The highest BCUT2D eigenvalue weighted by molar-refractivity contribution is 6.32. The Balaban J connectivity index is 2.03. The standard InChI is InChI=1S/C13H13ClN6O/c1-15-13-19-11-10(16-6-17-11)12(20-13)18-7-3-4-8(14)9(5-7)21-2/h3-6H,1-2H3,(H3,15,16,17,18,19,20). The predicted molar refractivity (Wildman–Crippen MR) is 82.5 cm³/mol. The Labute approximate surface area is 125 Å². The fourth-order valence-corrected chi connectivity index (χ4v) is 2.10. The molecule has 0 saturated carbocycles. The van der Waals surface area contributed by atoms with Gasteiger partial charge in [0.2, 0.25) is 5.95 Å². The van der Waals surface area contributed by atoms with Gasteiger partial charge < -0.3 is 20.4 Å². The van der Waals surface area contributed by atoms with Gasteiger partial charge in [-0.25, -0.2) is 4.98 Å². The Hall–Kier alpha value is -2.54. The first kappa shape index (κ1) is 13.4. The van der Waals surface area contributed by atoms with Crippen molar-refractivity contribution in [2.75, 3.05) is 24.8 Å². The molecule has 0 spiro atoms. The Morgan fingerprint density at radius 1 is 1.29 bits per heavy atom. The second-order valence-electron chi connectivity index (χ2n) is 4.22. The molecule has 0 radical (unpaired) electrons. The first-order valence-corrected chi connectivity index (χ1v) is 6.58. The van der Waals surface area contributed by atoms with Crippen molar-refractivity contribution in [3.63, 3.8) is 0 Å². The van der Waals surface area contributed by atoms with Crippen molar-refractivity contribution in [3.8, 4) is 5.75 Å². The van der Waals surface area contributed by atoms with Crippen LogP contribution in [-0.4, -0.2) is 34.1 Å². The van der Waals surface area contributed by atoms with Gasteiger partial charge >= 0.3 is 0 Å². The second-order valence-corrected chi connectivity index (χ2v) is 4.63. The average molecular weight is 305 g/mol. The highest BCUT2D eigenvalue weighted by atomic mass is 35.5. The average Bonchev–Trinajstić information content (AvgIpc) is 2.97. The van der Waals surface area contributed by atoms with Crippen LogP contribution in [0.2, 0.25) is 5.02 Å². The number of rotatable bonds is 4. The lowest BCUT2D eigenvalue weighted by molar-refractivity contribution is 0.415. The van der Waals surface area contributed by atoms with Crippen LogP contribution in [0.3, 0.4) is 0 Å². The maximum Gasteiger partial charge on any atom is 0.226 e.